The smallest absolute Gasteiger partial charge is 0.225 e. The van der Waals surface area contributed by atoms with Crippen molar-refractivity contribution >= 4 is 11.8 Å². The fourth-order valence-electron chi connectivity index (χ4n) is 4.97. The van der Waals surface area contributed by atoms with E-state index in [4.69, 9.17) is 0 Å². The lowest BCUT2D eigenvalue weighted by molar-refractivity contribution is -0.136. The lowest BCUT2D eigenvalue weighted by Gasteiger charge is -2.32. The molecule has 2 saturated carbocycles. The fraction of sp³-hybridized carbons (Fsp3) is 0.905. The molecule has 3 fully saturated rings. The number of nitrogens with one attached hydrogen (secondary N) is 1. The summed E-state index contributed by atoms with van der Waals surface area (Å²) in [6.45, 7) is 1.91. The van der Waals surface area contributed by atoms with Crippen molar-refractivity contribution in [2.24, 2.45) is 11.8 Å². The van der Waals surface area contributed by atoms with E-state index in [0.717, 1.165) is 51.6 Å². The third-order valence-corrected chi connectivity index (χ3v) is 6.56. The van der Waals surface area contributed by atoms with Crippen LogP contribution in [0.4, 0.5) is 0 Å². The molecule has 2 aliphatic carbocycles. The minimum atomic E-state index is 0.199. The van der Waals surface area contributed by atoms with E-state index < -0.39 is 0 Å². The zero-order valence-corrected chi connectivity index (χ0v) is 15.8. The molecule has 0 bridgehead atoms. The lowest BCUT2D eigenvalue weighted by atomic mass is 9.84. The third kappa shape index (κ3) is 5.72. The molecular formula is C21H36N2O2. The van der Waals surface area contributed by atoms with Gasteiger partial charge in [0.15, 0.2) is 0 Å². The molecule has 142 valence electrons. The van der Waals surface area contributed by atoms with Crippen LogP contribution in [0.5, 0.6) is 0 Å². The van der Waals surface area contributed by atoms with Crippen LogP contribution in [0.1, 0.15) is 89.9 Å². The number of nitrogens with zero attached hydrogens (tertiary/aromatic N) is 1. The Hall–Kier alpha value is -1.06. The molecule has 1 aliphatic heterocycles. The minimum Gasteiger partial charge on any atom is -0.353 e. The van der Waals surface area contributed by atoms with E-state index in [1.807, 2.05) is 0 Å². The van der Waals surface area contributed by atoms with E-state index in [0.29, 0.717) is 24.3 Å². The van der Waals surface area contributed by atoms with Crippen molar-refractivity contribution in [1.82, 2.24) is 10.2 Å². The van der Waals surface area contributed by atoms with Crippen molar-refractivity contribution in [3.8, 4) is 0 Å². The van der Waals surface area contributed by atoms with E-state index in [2.05, 4.69) is 10.2 Å². The van der Waals surface area contributed by atoms with Crippen molar-refractivity contribution in [1.29, 1.82) is 0 Å². The van der Waals surface area contributed by atoms with E-state index in [9.17, 15) is 9.59 Å². The normalized spacial score (nSPS) is 29.0. The van der Waals surface area contributed by atoms with Gasteiger partial charge in [-0.05, 0) is 57.3 Å². The summed E-state index contributed by atoms with van der Waals surface area (Å²) in [5.41, 5.74) is 0. The Bertz CT molecular complexity index is 429. The molecule has 25 heavy (non-hydrogen) atoms. The van der Waals surface area contributed by atoms with Gasteiger partial charge in [-0.1, -0.05) is 32.1 Å². The molecule has 0 aromatic carbocycles. The summed E-state index contributed by atoms with van der Waals surface area (Å²) >= 11 is 0. The molecule has 3 aliphatic rings. The molecule has 0 spiro atoms. The van der Waals surface area contributed by atoms with Gasteiger partial charge in [0, 0.05) is 31.5 Å². The predicted molar refractivity (Wildman–Crippen MR) is 100 cm³/mol. The van der Waals surface area contributed by atoms with Crippen molar-refractivity contribution in [2.45, 2.75) is 95.9 Å². The van der Waals surface area contributed by atoms with Crippen molar-refractivity contribution < 1.29 is 9.59 Å². The molecule has 4 heteroatoms. The Morgan fingerprint density at radius 3 is 2.00 bits per heavy atom. The van der Waals surface area contributed by atoms with Crippen LogP contribution in [0.25, 0.3) is 0 Å². The Morgan fingerprint density at radius 2 is 1.36 bits per heavy atom. The number of hydrogen-bond donors (Lipinski definition) is 1. The Morgan fingerprint density at radius 1 is 0.760 bits per heavy atom. The van der Waals surface area contributed by atoms with Gasteiger partial charge in [0.25, 0.3) is 0 Å². The number of carbonyl (C=O) groups excluding carboxylic acids is 2. The summed E-state index contributed by atoms with van der Waals surface area (Å²) in [6.07, 6.45) is 15.8. The maximum atomic E-state index is 12.7. The molecule has 3 rings (SSSR count). The summed E-state index contributed by atoms with van der Waals surface area (Å²) in [5, 5.41) is 3.25. The lowest BCUT2D eigenvalue weighted by Crippen LogP contribution is -2.43. The molecule has 1 heterocycles. The number of carbonyl (C=O) groups is 2. The van der Waals surface area contributed by atoms with Crippen LogP contribution in [-0.4, -0.2) is 35.8 Å². The molecule has 0 atom stereocenters. The maximum absolute atomic E-state index is 12.7. The minimum absolute atomic E-state index is 0.199. The highest BCUT2D eigenvalue weighted by atomic mass is 16.2. The Kier molecular flexibility index (Phi) is 7.18. The molecule has 4 nitrogen and oxygen atoms in total. The Balaban J connectivity index is 1.37. The van der Waals surface area contributed by atoms with Crippen LogP contribution in [0, 0.1) is 11.8 Å². The third-order valence-electron chi connectivity index (χ3n) is 6.56. The van der Waals surface area contributed by atoms with E-state index in [1.165, 1.54) is 44.9 Å². The van der Waals surface area contributed by atoms with Crippen LogP contribution in [-0.2, 0) is 9.59 Å². The van der Waals surface area contributed by atoms with Crippen molar-refractivity contribution in [2.75, 3.05) is 13.1 Å². The van der Waals surface area contributed by atoms with Crippen LogP contribution in [0.15, 0.2) is 0 Å². The van der Waals surface area contributed by atoms with Crippen molar-refractivity contribution in [3.05, 3.63) is 0 Å². The first-order valence-corrected chi connectivity index (χ1v) is 10.8. The summed E-state index contributed by atoms with van der Waals surface area (Å²) in [6, 6.07) is 0.296. The molecule has 0 radical (unpaired) electrons. The van der Waals surface area contributed by atoms with Gasteiger partial charge in [-0.3, -0.25) is 9.59 Å². The first-order chi connectivity index (χ1) is 12.2. The number of hydrogen-bond acceptors (Lipinski definition) is 2. The van der Waals surface area contributed by atoms with E-state index >= 15 is 0 Å². The van der Waals surface area contributed by atoms with Crippen LogP contribution >= 0.6 is 0 Å². The van der Waals surface area contributed by atoms with Gasteiger partial charge in [-0.25, -0.2) is 0 Å². The average Bonchev–Trinajstić information content (AvgIpc) is 2.92. The van der Waals surface area contributed by atoms with Gasteiger partial charge < -0.3 is 10.2 Å². The SMILES string of the molecule is O=C(CC1CCCCC1)NC1CCC(C(=O)N2CCCCCC2)CC1. The zero-order valence-electron chi connectivity index (χ0n) is 15.8. The van der Waals surface area contributed by atoms with Gasteiger partial charge in [0.05, 0.1) is 0 Å². The van der Waals surface area contributed by atoms with E-state index in [1.54, 1.807) is 0 Å². The standard InChI is InChI=1S/C21H36N2O2/c24-20(16-17-8-4-3-5-9-17)22-19-12-10-18(11-13-19)21(25)23-14-6-1-2-7-15-23/h17-19H,1-16H2,(H,22,24). The molecule has 0 unspecified atom stereocenters. The van der Waals surface area contributed by atoms with Crippen molar-refractivity contribution in [3.63, 3.8) is 0 Å². The summed E-state index contributed by atoms with van der Waals surface area (Å²) in [5.74, 6) is 1.43. The van der Waals surface area contributed by atoms with Gasteiger partial charge >= 0.3 is 0 Å². The predicted octanol–water partition coefficient (Wildman–Crippen LogP) is 4.03. The first-order valence-electron chi connectivity index (χ1n) is 10.8. The second-order valence-electron chi connectivity index (χ2n) is 8.56. The fourth-order valence-corrected chi connectivity index (χ4v) is 4.97. The molecule has 1 N–H and O–H groups in total. The second-order valence-corrected chi connectivity index (χ2v) is 8.56. The maximum Gasteiger partial charge on any atom is 0.225 e. The second kappa shape index (κ2) is 9.59. The topological polar surface area (TPSA) is 49.4 Å². The zero-order chi connectivity index (χ0) is 17.5. The van der Waals surface area contributed by atoms with Gasteiger partial charge in [0.2, 0.25) is 11.8 Å². The highest BCUT2D eigenvalue weighted by Gasteiger charge is 2.30. The highest BCUT2D eigenvalue weighted by Crippen LogP contribution is 2.29. The van der Waals surface area contributed by atoms with E-state index in [-0.39, 0.29) is 11.8 Å². The number of amides is 2. The summed E-state index contributed by atoms with van der Waals surface area (Å²) in [4.78, 5) is 27.1. The summed E-state index contributed by atoms with van der Waals surface area (Å²) in [7, 11) is 0. The van der Waals surface area contributed by atoms with Crippen LogP contribution < -0.4 is 5.32 Å². The van der Waals surface area contributed by atoms with Gasteiger partial charge in [-0.2, -0.15) is 0 Å². The Labute approximate surface area is 153 Å². The average molecular weight is 349 g/mol. The quantitative estimate of drug-likeness (QED) is 0.834. The van der Waals surface area contributed by atoms with Gasteiger partial charge in [-0.15, -0.1) is 0 Å². The number of rotatable bonds is 4. The van der Waals surface area contributed by atoms with Crippen LogP contribution in [0.3, 0.4) is 0 Å². The highest BCUT2D eigenvalue weighted by molar-refractivity contribution is 5.79. The first kappa shape index (κ1) is 18.7. The molecule has 0 aromatic rings. The summed E-state index contributed by atoms with van der Waals surface area (Å²) < 4.78 is 0. The number of likely N-dealkylation sites (tertiary alicyclic amines) is 1. The van der Waals surface area contributed by atoms with Gasteiger partial charge in [0.1, 0.15) is 0 Å². The molecule has 0 aromatic heterocycles. The monoisotopic (exact) mass is 348 g/mol. The largest absolute Gasteiger partial charge is 0.353 e. The molecular weight excluding hydrogens is 312 g/mol. The molecule has 1 saturated heterocycles. The van der Waals surface area contributed by atoms with Crippen LogP contribution in [0.2, 0.25) is 0 Å². The molecule has 2 amide bonds.